The summed E-state index contributed by atoms with van der Waals surface area (Å²) in [5.41, 5.74) is 0. The van der Waals surface area contributed by atoms with Crippen LogP contribution in [0.4, 0.5) is 0 Å². The zero-order valence-electron chi connectivity index (χ0n) is 7.18. The second kappa shape index (κ2) is 3.36. The summed E-state index contributed by atoms with van der Waals surface area (Å²) < 4.78 is 3.58. The third kappa shape index (κ3) is 1.43. The summed E-state index contributed by atoms with van der Waals surface area (Å²) in [6.45, 7) is 2.29. The van der Waals surface area contributed by atoms with Crippen LogP contribution in [0.5, 0.6) is 0 Å². The Labute approximate surface area is 73.5 Å². The van der Waals surface area contributed by atoms with E-state index in [1.807, 2.05) is 11.9 Å². The van der Waals surface area contributed by atoms with Gasteiger partial charge in [0, 0.05) is 11.3 Å². The molecule has 2 aliphatic rings. The highest BCUT2D eigenvalue weighted by Crippen LogP contribution is 2.42. The van der Waals surface area contributed by atoms with Gasteiger partial charge in [0.25, 0.3) is 0 Å². The third-order valence-electron chi connectivity index (χ3n) is 2.99. The molecule has 0 aromatic heterocycles. The van der Waals surface area contributed by atoms with Crippen LogP contribution < -0.4 is 4.72 Å². The van der Waals surface area contributed by atoms with Crippen molar-refractivity contribution in [2.75, 3.05) is 0 Å². The Morgan fingerprint density at radius 1 is 1.45 bits per heavy atom. The van der Waals surface area contributed by atoms with Gasteiger partial charge in [-0.3, -0.25) is 4.72 Å². The summed E-state index contributed by atoms with van der Waals surface area (Å²) in [6, 6.07) is 0.845. The van der Waals surface area contributed by atoms with Crippen molar-refractivity contribution in [2.24, 2.45) is 5.92 Å². The van der Waals surface area contributed by atoms with Crippen molar-refractivity contribution in [2.45, 2.75) is 50.3 Å². The summed E-state index contributed by atoms with van der Waals surface area (Å²) in [5.74, 6) is 1.01. The van der Waals surface area contributed by atoms with E-state index in [2.05, 4.69) is 11.6 Å². The first-order chi connectivity index (χ1) is 5.42. The molecule has 2 heteroatoms. The van der Waals surface area contributed by atoms with Gasteiger partial charge in [-0.2, -0.15) is 0 Å². The first-order valence-electron chi connectivity index (χ1n) is 4.83. The summed E-state index contributed by atoms with van der Waals surface area (Å²) in [5, 5.41) is 0.964. The molecule has 0 aromatic carbocycles. The van der Waals surface area contributed by atoms with Gasteiger partial charge in [0.05, 0.1) is 0 Å². The van der Waals surface area contributed by atoms with Crippen LogP contribution >= 0.6 is 11.9 Å². The number of fused-ring (bicyclic) bond motifs is 1. The van der Waals surface area contributed by atoms with Crippen LogP contribution in [0, 0.1) is 5.92 Å². The predicted molar refractivity (Wildman–Crippen MR) is 50.6 cm³/mol. The second-order valence-corrected chi connectivity index (χ2v) is 4.84. The Hall–Kier alpha value is 0.310. The molecule has 1 saturated heterocycles. The quantitative estimate of drug-likeness (QED) is 0.641. The molecule has 2 fully saturated rings. The van der Waals surface area contributed by atoms with Crippen LogP contribution in [-0.4, -0.2) is 11.3 Å². The van der Waals surface area contributed by atoms with Crippen molar-refractivity contribution in [3.05, 3.63) is 0 Å². The molecule has 1 saturated carbocycles. The minimum atomic E-state index is 0.845. The van der Waals surface area contributed by atoms with Crippen molar-refractivity contribution in [3.8, 4) is 0 Å². The van der Waals surface area contributed by atoms with Crippen LogP contribution in [0.15, 0.2) is 0 Å². The van der Waals surface area contributed by atoms with Crippen LogP contribution in [-0.2, 0) is 0 Å². The molecule has 0 radical (unpaired) electrons. The van der Waals surface area contributed by atoms with E-state index in [-0.39, 0.29) is 0 Å². The van der Waals surface area contributed by atoms with Gasteiger partial charge in [-0.1, -0.05) is 31.7 Å². The minimum absolute atomic E-state index is 0.845. The fraction of sp³-hybridized carbons (Fsp3) is 1.00. The van der Waals surface area contributed by atoms with E-state index >= 15 is 0 Å². The summed E-state index contributed by atoms with van der Waals surface area (Å²) >= 11 is 2.01. The summed E-state index contributed by atoms with van der Waals surface area (Å²) in [4.78, 5) is 0. The van der Waals surface area contributed by atoms with E-state index in [1.54, 1.807) is 0 Å². The van der Waals surface area contributed by atoms with E-state index < -0.39 is 0 Å². The molecule has 1 nitrogen and oxygen atoms in total. The predicted octanol–water partition coefficient (Wildman–Crippen LogP) is 2.58. The van der Waals surface area contributed by atoms with Crippen molar-refractivity contribution >= 4 is 11.9 Å². The van der Waals surface area contributed by atoms with Gasteiger partial charge < -0.3 is 0 Å². The Bertz CT molecular complexity index is 136. The largest absolute Gasteiger partial charge is 0.260 e. The molecule has 0 spiro atoms. The van der Waals surface area contributed by atoms with Gasteiger partial charge in [0.2, 0.25) is 0 Å². The van der Waals surface area contributed by atoms with Gasteiger partial charge >= 0.3 is 0 Å². The highest BCUT2D eigenvalue weighted by Gasteiger charge is 2.38. The van der Waals surface area contributed by atoms with E-state index in [9.17, 15) is 0 Å². The molecule has 1 aliphatic heterocycles. The average molecular weight is 171 g/mol. The number of hydrogen-bond donors (Lipinski definition) is 1. The minimum Gasteiger partial charge on any atom is -0.260 e. The third-order valence-corrected chi connectivity index (χ3v) is 4.32. The standard InChI is InChI=1S/C9H17NS/c1-2-4-8-7-5-3-6-9(7)11-10-8/h7-10H,2-6H2,1H3. The van der Waals surface area contributed by atoms with Gasteiger partial charge in [0.15, 0.2) is 0 Å². The lowest BCUT2D eigenvalue weighted by Crippen LogP contribution is -2.24. The molecule has 1 heterocycles. The molecule has 2 rings (SSSR count). The highest BCUT2D eigenvalue weighted by atomic mass is 32.2. The van der Waals surface area contributed by atoms with E-state index in [0.29, 0.717) is 0 Å². The molecule has 0 amide bonds. The fourth-order valence-corrected chi connectivity index (χ4v) is 3.83. The SMILES string of the molecule is CCCC1NSC2CCCC12. The van der Waals surface area contributed by atoms with E-state index in [0.717, 1.165) is 17.2 Å². The monoisotopic (exact) mass is 171 g/mol. The second-order valence-electron chi connectivity index (χ2n) is 3.76. The molecular formula is C9H17NS. The molecule has 0 aromatic rings. The van der Waals surface area contributed by atoms with Gasteiger partial charge in [-0.15, -0.1) is 0 Å². The van der Waals surface area contributed by atoms with Gasteiger partial charge in [0.1, 0.15) is 0 Å². The lowest BCUT2D eigenvalue weighted by molar-refractivity contribution is 0.419. The number of rotatable bonds is 2. The Morgan fingerprint density at radius 2 is 2.36 bits per heavy atom. The zero-order chi connectivity index (χ0) is 7.68. The molecule has 3 atom stereocenters. The first kappa shape index (κ1) is 7.93. The molecule has 1 aliphatic carbocycles. The smallest absolute Gasteiger partial charge is 0.0236 e. The maximum absolute atomic E-state index is 3.58. The van der Waals surface area contributed by atoms with E-state index in [4.69, 9.17) is 0 Å². The Balaban J connectivity index is 1.92. The maximum atomic E-state index is 3.58. The lowest BCUT2D eigenvalue weighted by Gasteiger charge is -2.15. The number of hydrogen-bond acceptors (Lipinski definition) is 2. The molecule has 11 heavy (non-hydrogen) atoms. The van der Waals surface area contributed by atoms with Crippen molar-refractivity contribution in [3.63, 3.8) is 0 Å². The van der Waals surface area contributed by atoms with Crippen molar-refractivity contribution in [1.29, 1.82) is 0 Å². The van der Waals surface area contributed by atoms with Crippen LogP contribution in [0.3, 0.4) is 0 Å². The van der Waals surface area contributed by atoms with Crippen LogP contribution in [0.1, 0.15) is 39.0 Å². The fourth-order valence-electron chi connectivity index (χ4n) is 2.41. The average Bonchev–Trinajstić information content (AvgIpc) is 2.53. The molecule has 0 bridgehead atoms. The normalized spacial score (nSPS) is 42.8. The Morgan fingerprint density at radius 3 is 3.18 bits per heavy atom. The maximum Gasteiger partial charge on any atom is 0.0236 e. The lowest BCUT2D eigenvalue weighted by atomic mass is 9.95. The summed E-state index contributed by atoms with van der Waals surface area (Å²) in [6.07, 6.45) is 7.14. The zero-order valence-corrected chi connectivity index (χ0v) is 7.99. The van der Waals surface area contributed by atoms with Gasteiger partial charge in [-0.25, -0.2) is 0 Å². The molecule has 1 N–H and O–H groups in total. The van der Waals surface area contributed by atoms with Gasteiger partial charge in [-0.05, 0) is 25.2 Å². The summed E-state index contributed by atoms with van der Waals surface area (Å²) in [7, 11) is 0. The molecule has 3 unspecified atom stereocenters. The number of nitrogens with one attached hydrogen (secondary N) is 1. The van der Waals surface area contributed by atoms with Crippen LogP contribution in [0.2, 0.25) is 0 Å². The molecular weight excluding hydrogens is 154 g/mol. The van der Waals surface area contributed by atoms with Crippen molar-refractivity contribution < 1.29 is 0 Å². The topological polar surface area (TPSA) is 12.0 Å². The van der Waals surface area contributed by atoms with Crippen molar-refractivity contribution in [1.82, 2.24) is 4.72 Å². The van der Waals surface area contributed by atoms with E-state index in [1.165, 1.54) is 32.1 Å². The first-order valence-corrected chi connectivity index (χ1v) is 5.71. The highest BCUT2D eigenvalue weighted by molar-refractivity contribution is 7.98. The molecule has 64 valence electrons. The van der Waals surface area contributed by atoms with Crippen LogP contribution in [0.25, 0.3) is 0 Å². The Kier molecular flexibility index (Phi) is 2.42.